The van der Waals surface area contributed by atoms with Crippen molar-refractivity contribution >= 4 is 23.2 Å². The number of methoxy groups -OCH3 is 3. The van der Waals surface area contributed by atoms with Crippen LogP contribution in [0.5, 0.6) is 17.2 Å². The molecule has 2 atom stereocenters. The molecule has 0 saturated heterocycles. The third-order valence-electron chi connectivity index (χ3n) is 8.71. The maximum absolute atomic E-state index is 14.0. The molecular weight excluding hydrogens is 636 g/mol. The van der Waals surface area contributed by atoms with Crippen LogP contribution in [0.25, 0.3) is 22.5 Å². The van der Waals surface area contributed by atoms with Gasteiger partial charge in [-0.1, -0.05) is 45.9 Å². The van der Waals surface area contributed by atoms with Crippen LogP contribution in [0.4, 0.5) is 11.4 Å². The zero-order chi connectivity index (χ0) is 36.1. The van der Waals surface area contributed by atoms with Gasteiger partial charge in [0.15, 0.2) is 17.3 Å². The van der Waals surface area contributed by atoms with Crippen LogP contribution in [0, 0.1) is 5.92 Å². The third kappa shape index (κ3) is 7.74. The van der Waals surface area contributed by atoms with Crippen molar-refractivity contribution in [3.05, 3.63) is 75.7 Å². The molecule has 0 bridgehead atoms. The van der Waals surface area contributed by atoms with E-state index in [4.69, 9.17) is 14.2 Å². The van der Waals surface area contributed by atoms with E-state index in [0.29, 0.717) is 59.1 Å². The van der Waals surface area contributed by atoms with Gasteiger partial charge in [-0.3, -0.25) is 19.5 Å². The molecule has 2 amide bonds. The van der Waals surface area contributed by atoms with E-state index < -0.39 is 12.1 Å². The number of H-pyrrole nitrogens is 1. The van der Waals surface area contributed by atoms with E-state index in [-0.39, 0.29) is 34.8 Å². The lowest BCUT2D eigenvalue weighted by molar-refractivity contribution is -0.120. The van der Waals surface area contributed by atoms with Crippen molar-refractivity contribution < 1.29 is 23.8 Å². The first-order valence-corrected chi connectivity index (χ1v) is 16.8. The smallest absolute Gasteiger partial charge is 0.246 e. The van der Waals surface area contributed by atoms with Gasteiger partial charge in [0.05, 0.1) is 33.1 Å². The number of rotatable bonds is 12. The van der Waals surface area contributed by atoms with Crippen LogP contribution in [0.2, 0.25) is 0 Å². The van der Waals surface area contributed by atoms with Gasteiger partial charge in [0, 0.05) is 29.7 Å². The molecule has 0 unspecified atom stereocenters. The van der Waals surface area contributed by atoms with Gasteiger partial charge >= 0.3 is 0 Å². The van der Waals surface area contributed by atoms with Gasteiger partial charge in [-0.2, -0.15) is 5.10 Å². The van der Waals surface area contributed by atoms with E-state index in [1.165, 1.54) is 6.92 Å². The normalized spacial score (nSPS) is 14.2. The highest BCUT2D eigenvalue weighted by Gasteiger charge is 2.30. The molecule has 1 aliphatic carbocycles. The van der Waals surface area contributed by atoms with Crippen molar-refractivity contribution in [1.82, 2.24) is 20.5 Å². The Balaban J connectivity index is 1.53. The summed E-state index contributed by atoms with van der Waals surface area (Å²) in [5.41, 5.74) is 4.28. The Bertz CT molecular complexity index is 1940. The van der Waals surface area contributed by atoms with Crippen molar-refractivity contribution in [1.29, 1.82) is 0 Å². The van der Waals surface area contributed by atoms with Crippen LogP contribution in [-0.4, -0.2) is 54.4 Å². The summed E-state index contributed by atoms with van der Waals surface area (Å²) in [6, 6.07) is 13.1. The molecule has 5 rings (SSSR count). The monoisotopic (exact) mass is 682 g/mol. The van der Waals surface area contributed by atoms with Crippen LogP contribution >= 0.6 is 0 Å². The minimum atomic E-state index is -0.734. The molecule has 4 N–H and O–H groups in total. The van der Waals surface area contributed by atoms with Gasteiger partial charge in [-0.05, 0) is 72.2 Å². The summed E-state index contributed by atoms with van der Waals surface area (Å²) < 4.78 is 17.2. The summed E-state index contributed by atoms with van der Waals surface area (Å²) in [4.78, 5) is 44.7. The summed E-state index contributed by atoms with van der Waals surface area (Å²) >= 11 is 0. The second-order valence-corrected chi connectivity index (χ2v) is 13.2. The Morgan fingerprint density at radius 1 is 0.980 bits per heavy atom. The maximum Gasteiger partial charge on any atom is 0.246 e. The third-order valence-corrected chi connectivity index (χ3v) is 8.71. The fraction of sp³-hybridized carbons (Fsp3) is 0.395. The van der Waals surface area contributed by atoms with Gasteiger partial charge in [-0.15, -0.1) is 0 Å². The van der Waals surface area contributed by atoms with Gasteiger partial charge in [-0.25, -0.2) is 4.98 Å². The largest absolute Gasteiger partial charge is 0.493 e. The molecule has 12 nitrogen and oxygen atoms in total. The van der Waals surface area contributed by atoms with E-state index >= 15 is 0 Å². The van der Waals surface area contributed by atoms with Crippen LogP contribution in [0.1, 0.15) is 76.4 Å². The number of hydrogen-bond acceptors (Lipinski definition) is 9. The van der Waals surface area contributed by atoms with Crippen LogP contribution in [0.15, 0.2) is 53.3 Å². The molecule has 0 radical (unpaired) electrons. The molecule has 0 fully saturated rings. The summed E-state index contributed by atoms with van der Waals surface area (Å²) in [6.07, 6.45) is 1.58. The lowest BCUT2D eigenvalue weighted by Gasteiger charge is -2.21. The first-order chi connectivity index (χ1) is 23.9. The summed E-state index contributed by atoms with van der Waals surface area (Å²) in [6.45, 7) is 9.56. The minimum absolute atomic E-state index is 0.138. The number of carbonyl (C=O) groups excluding carboxylic acids is 2. The molecular formula is C38H46N6O6. The summed E-state index contributed by atoms with van der Waals surface area (Å²) in [5.74, 6) is 2.55. The number of nitrogens with one attached hydrogen (secondary N) is 4. The Kier molecular flexibility index (Phi) is 11.1. The SMILES string of the molecule is COc1cc2c(c(OC)c1OC)-c1ccc(N[C@H](CC(C)C)C(=O)Nc3cccc(-c4n[nH]c(C(C)C)n4)c3)c(=O)cc1[C@H](NC(C)=O)CC2. The van der Waals surface area contributed by atoms with Gasteiger partial charge in [0.2, 0.25) is 23.0 Å². The molecule has 264 valence electrons. The summed E-state index contributed by atoms with van der Waals surface area (Å²) in [7, 11) is 4.66. The minimum Gasteiger partial charge on any atom is -0.493 e. The van der Waals surface area contributed by atoms with Gasteiger partial charge in [0.25, 0.3) is 0 Å². The quantitative estimate of drug-likeness (QED) is 0.136. The molecule has 4 aromatic rings. The molecule has 50 heavy (non-hydrogen) atoms. The highest BCUT2D eigenvalue weighted by Crippen LogP contribution is 2.50. The fourth-order valence-electron chi connectivity index (χ4n) is 6.34. The number of benzene rings is 2. The van der Waals surface area contributed by atoms with Crippen molar-refractivity contribution in [2.24, 2.45) is 5.92 Å². The lowest BCUT2D eigenvalue weighted by atomic mass is 9.95. The molecule has 12 heteroatoms. The second kappa shape index (κ2) is 15.4. The van der Waals surface area contributed by atoms with E-state index in [1.54, 1.807) is 39.5 Å². The average Bonchev–Trinajstić information content (AvgIpc) is 3.47. The first-order valence-electron chi connectivity index (χ1n) is 16.8. The van der Waals surface area contributed by atoms with Crippen molar-refractivity contribution in [2.75, 3.05) is 32.0 Å². The zero-order valence-electron chi connectivity index (χ0n) is 29.9. The molecule has 0 saturated carbocycles. The Labute approximate surface area is 292 Å². The van der Waals surface area contributed by atoms with Crippen molar-refractivity contribution in [3.8, 4) is 39.8 Å². The number of aromatic amines is 1. The lowest BCUT2D eigenvalue weighted by Crippen LogP contribution is -2.37. The molecule has 0 spiro atoms. The van der Waals surface area contributed by atoms with E-state index in [9.17, 15) is 14.4 Å². The number of aromatic nitrogens is 3. The van der Waals surface area contributed by atoms with Crippen molar-refractivity contribution in [3.63, 3.8) is 0 Å². The average molecular weight is 683 g/mol. The Morgan fingerprint density at radius 2 is 1.74 bits per heavy atom. The summed E-state index contributed by atoms with van der Waals surface area (Å²) in [5, 5.41) is 16.6. The maximum atomic E-state index is 14.0. The highest BCUT2D eigenvalue weighted by atomic mass is 16.5. The molecule has 1 aromatic heterocycles. The number of hydrogen-bond donors (Lipinski definition) is 4. The molecule has 1 aliphatic rings. The number of amides is 2. The zero-order valence-corrected chi connectivity index (χ0v) is 29.9. The molecule has 3 aromatic carbocycles. The Morgan fingerprint density at radius 3 is 2.38 bits per heavy atom. The topological polar surface area (TPSA) is 157 Å². The fourth-order valence-corrected chi connectivity index (χ4v) is 6.34. The van der Waals surface area contributed by atoms with Crippen molar-refractivity contribution in [2.45, 2.75) is 71.9 Å². The van der Waals surface area contributed by atoms with E-state index in [0.717, 1.165) is 22.5 Å². The van der Waals surface area contributed by atoms with E-state index in [1.807, 2.05) is 58.0 Å². The molecule has 0 aliphatic heterocycles. The van der Waals surface area contributed by atoms with Crippen LogP contribution in [0.3, 0.4) is 0 Å². The number of ether oxygens (including phenoxy) is 3. The second-order valence-electron chi connectivity index (χ2n) is 13.2. The number of aryl methyl sites for hydroxylation is 1. The van der Waals surface area contributed by atoms with E-state index in [2.05, 4.69) is 31.1 Å². The molecule has 1 heterocycles. The number of anilines is 2. The Hall–Kier alpha value is -5.39. The number of nitrogens with zero attached hydrogens (tertiary/aromatic N) is 2. The standard InChI is InChI=1S/C38H46N6O6/c1-20(2)16-30(38(47)40-25-11-9-10-24(17-25)37-42-36(21(3)4)43-44-37)41-29-15-13-26-27(19-31(29)46)28(39-22(5)45)14-12-23-18-32(48-6)34(49-7)35(50-8)33(23)26/h9-11,13,15,17-21,28,30H,12,14,16H2,1-8H3,(H,39,45)(H,40,47)(H,41,46)(H,42,43,44)/t28-,30-/m1/s1. The number of fused-ring (bicyclic) bond motifs is 3. The predicted molar refractivity (Wildman–Crippen MR) is 194 cm³/mol. The number of carbonyl (C=O) groups is 2. The van der Waals surface area contributed by atoms with Gasteiger partial charge in [0.1, 0.15) is 11.9 Å². The highest BCUT2D eigenvalue weighted by molar-refractivity contribution is 5.97. The first kappa shape index (κ1) is 35.9. The van der Waals surface area contributed by atoms with Crippen LogP contribution < -0.4 is 35.6 Å². The van der Waals surface area contributed by atoms with Crippen LogP contribution in [-0.2, 0) is 16.0 Å². The van der Waals surface area contributed by atoms with Gasteiger partial charge < -0.3 is 30.2 Å². The predicted octanol–water partition coefficient (Wildman–Crippen LogP) is 6.24.